The van der Waals surface area contributed by atoms with Gasteiger partial charge < -0.3 is 5.73 Å². The van der Waals surface area contributed by atoms with Gasteiger partial charge in [-0.15, -0.1) is 0 Å². The zero-order valence-electron chi connectivity index (χ0n) is 11.3. The van der Waals surface area contributed by atoms with Gasteiger partial charge in [-0.05, 0) is 36.3 Å². The molecule has 0 amide bonds. The maximum atomic E-state index is 12.1. The lowest BCUT2D eigenvalue weighted by Crippen LogP contribution is -2.33. The van der Waals surface area contributed by atoms with Crippen LogP contribution in [0, 0.1) is 5.92 Å². The van der Waals surface area contributed by atoms with E-state index in [4.69, 9.17) is 5.73 Å². The van der Waals surface area contributed by atoms with Crippen LogP contribution < -0.4 is 10.5 Å². The van der Waals surface area contributed by atoms with Crippen molar-refractivity contribution in [1.29, 1.82) is 0 Å². The molecule has 0 heterocycles. The first kappa shape index (κ1) is 14.5. The van der Waals surface area contributed by atoms with E-state index in [1.807, 2.05) is 24.3 Å². The molecule has 2 rings (SSSR count). The first-order valence-electron chi connectivity index (χ1n) is 6.76. The first-order chi connectivity index (χ1) is 8.98. The molecule has 1 aromatic carbocycles. The molecular formula is C14H22N2O2S. The number of sulfonamides is 1. The summed E-state index contributed by atoms with van der Waals surface area (Å²) in [6, 6.07) is 7.55. The van der Waals surface area contributed by atoms with Crippen LogP contribution in [0.1, 0.15) is 37.3 Å². The van der Waals surface area contributed by atoms with Gasteiger partial charge in [-0.1, -0.05) is 31.2 Å². The Kier molecular flexibility index (Phi) is 4.60. The normalized spacial score (nSPS) is 23.7. The average Bonchev–Trinajstić information content (AvgIpc) is 2.73. The lowest BCUT2D eigenvalue weighted by atomic mass is 10.1. The summed E-state index contributed by atoms with van der Waals surface area (Å²) in [6.45, 7) is 2.60. The second kappa shape index (κ2) is 6.03. The number of hydrogen-bond acceptors (Lipinski definition) is 3. The first-order valence-corrected chi connectivity index (χ1v) is 8.41. The molecule has 2 atom stereocenters. The van der Waals surface area contributed by atoms with E-state index in [1.54, 1.807) is 0 Å². The molecule has 4 nitrogen and oxygen atoms in total. The number of nitrogens with two attached hydrogens (primary N) is 1. The van der Waals surface area contributed by atoms with Gasteiger partial charge in [-0.3, -0.25) is 0 Å². The molecule has 19 heavy (non-hydrogen) atoms. The van der Waals surface area contributed by atoms with Crippen molar-refractivity contribution in [1.82, 2.24) is 4.72 Å². The van der Waals surface area contributed by atoms with E-state index >= 15 is 0 Å². The smallest absolute Gasteiger partial charge is 0.216 e. The van der Waals surface area contributed by atoms with Crippen molar-refractivity contribution in [2.45, 2.75) is 44.5 Å². The summed E-state index contributed by atoms with van der Waals surface area (Å²) in [5.41, 5.74) is 7.32. The van der Waals surface area contributed by atoms with Gasteiger partial charge in [-0.25, -0.2) is 13.1 Å². The molecule has 1 aliphatic carbocycles. The second-order valence-corrected chi connectivity index (χ2v) is 7.27. The summed E-state index contributed by atoms with van der Waals surface area (Å²) in [5, 5.41) is 0. The third-order valence-electron chi connectivity index (χ3n) is 3.62. The largest absolute Gasteiger partial charge is 0.326 e. The third kappa shape index (κ3) is 4.30. The van der Waals surface area contributed by atoms with Crippen molar-refractivity contribution in [2.75, 3.05) is 0 Å². The van der Waals surface area contributed by atoms with E-state index in [9.17, 15) is 8.42 Å². The van der Waals surface area contributed by atoms with Gasteiger partial charge in [0.15, 0.2) is 0 Å². The Balaban J connectivity index is 2.00. The Hall–Kier alpha value is -0.910. The molecule has 1 fully saturated rings. The lowest BCUT2D eigenvalue weighted by molar-refractivity contribution is 0.538. The Labute approximate surface area is 115 Å². The van der Waals surface area contributed by atoms with Gasteiger partial charge in [0, 0.05) is 12.6 Å². The molecule has 5 heteroatoms. The summed E-state index contributed by atoms with van der Waals surface area (Å²) in [5.74, 6) is 0.652. The van der Waals surface area contributed by atoms with Gasteiger partial charge in [0.25, 0.3) is 0 Å². The fourth-order valence-corrected chi connectivity index (χ4v) is 4.10. The molecule has 1 aromatic rings. The van der Waals surface area contributed by atoms with Crippen LogP contribution in [-0.2, 0) is 22.3 Å². The molecular weight excluding hydrogens is 260 g/mol. The molecule has 0 aromatic heterocycles. The summed E-state index contributed by atoms with van der Waals surface area (Å²) >= 11 is 0. The average molecular weight is 282 g/mol. The van der Waals surface area contributed by atoms with E-state index in [2.05, 4.69) is 11.6 Å². The topological polar surface area (TPSA) is 72.2 Å². The molecule has 0 bridgehead atoms. The van der Waals surface area contributed by atoms with Gasteiger partial charge in [0.05, 0.1) is 5.75 Å². The Bertz CT molecular complexity index is 528. The van der Waals surface area contributed by atoms with Crippen LogP contribution in [0.5, 0.6) is 0 Å². The van der Waals surface area contributed by atoms with E-state index in [1.165, 1.54) is 0 Å². The van der Waals surface area contributed by atoms with Crippen LogP contribution in [0.15, 0.2) is 24.3 Å². The van der Waals surface area contributed by atoms with Crippen molar-refractivity contribution < 1.29 is 8.42 Å². The van der Waals surface area contributed by atoms with E-state index in [-0.39, 0.29) is 11.8 Å². The minimum absolute atomic E-state index is 0.0335. The highest BCUT2D eigenvalue weighted by molar-refractivity contribution is 7.88. The number of rotatable bonds is 5. The predicted octanol–water partition coefficient (Wildman–Crippen LogP) is 1.75. The third-order valence-corrected chi connectivity index (χ3v) is 5.03. The Morgan fingerprint density at radius 2 is 2.05 bits per heavy atom. The highest BCUT2D eigenvalue weighted by atomic mass is 32.2. The van der Waals surface area contributed by atoms with Crippen molar-refractivity contribution >= 4 is 10.0 Å². The second-order valence-electron chi connectivity index (χ2n) is 5.52. The summed E-state index contributed by atoms with van der Waals surface area (Å²) < 4.78 is 27.1. The molecule has 0 radical (unpaired) electrons. The zero-order valence-corrected chi connectivity index (χ0v) is 12.1. The maximum absolute atomic E-state index is 12.1. The van der Waals surface area contributed by atoms with Crippen LogP contribution in [-0.4, -0.2) is 14.5 Å². The van der Waals surface area contributed by atoms with Crippen molar-refractivity contribution in [2.24, 2.45) is 11.7 Å². The van der Waals surface area contributed by atoms with Gasteiger partial charge in [0.2, 0.25) is 10.0 Å². The monoisotopic (exact) mass is 282 g/mol. The fourth-order valence-electron chi connectivity index (χ4n) is 2.68. The van der Waals surface area contributed by atoms with Crippen LogP contribution in [0.25, 0.3) is 0 Å². The molecule has 1 aliphatic rings. The van der Waals surface area contributed by atoms with Gasteiger partial charge in [0.1, 0.15) is 0 Å². The quantitative estimate of drug-likeness (QED) is 0.864. The number of benzene rings is 1. The van der Waals surface area contributed by atoms with E-state index in [0.717, 1.165) is 30.4 Å². The highest BCUT2D eigenvalue weighted by Gasteiger charge is 2.25. The minimum atomic E-state index is -3.26. The summed E-state index contributed by atoms with van der Waals surface area (Å²) in [7, 11) is -3.26. The molecule has 0 spiro atoms. The van der Waals surface area contributed by atoms with Crippen LogP contribution >= 0.6 is 0 Å². The van der Waals surface area contributed by atoms with Crippen LogP contribution in [0.3, 0.4) is 0 Å². The van der Waals surface area contributed by atoms with Crippen molar-refractivity contribution in [3.63, 3.8) is 0 Å². The van der Waals surface area contributed by atoms with E-state index < -0.39 is 10.0 Å². The summed E-state index contributed by atoms with van der Waals surface area (Å²) in [6.07, 6.45) is 3.00. The zero-order chi connectivity index (χ0) is 13.9. The van der Waals surface area contributed by atoms with Gasteiger partial charge >= 0.3 is 0 Å². The molecule has 0 aliphatic heterocycles. The summed E-state index contributed by atoms with van der Waals surface area (Å²) in [4.78, 5) is 0. The SMILES string of the molecule is CC1CCC(NS(=O)(=O)Cc2cccc(CN)c2)C1. The van der Waals surface area contributed by atoms with Crippen molar-refractivity contribution in [3.8, 4) is 0 Å². The van der Waals surface area contributed by atoms with Crippen LogP contribution in [0.2, 0.25) is 0 Å². The maximum Gasteiger partial charge on any atom is 0.216 e. The molecule has 3 N–H and O–H groups in total. The minimum Gasteiger partial charge on any atom is -0.326 e. The number of hydrogen-bond donors (Lipinski definition) is 2. The fraction of sp³-hybridized carbons (Fsp3) is 0.571. The van der Waals surface area contributed by atoms with E-state index in [0.29, 0.717) is 12.5 Å². The molecule has 106 valence electrons. The molecule has 0 saturated heterocycles. The molecule has 2 unspecified atom stereocenters. The highest BCUT2D eigenvalue weighted by Crippen LogP contribution is 2.25. The standard InChI is InChI=1S/C14H22N2O2S/c1-11-5-6-14(7-11)16-19(17,18)10-13-4-2-3-12(8-13)9-15/h2-4,8,11,14,16H,5-7,9-10,15H2,1H3. The lowest BCUT2D eigenvalue weighted by Gasteiger charge is -2.13. The van der Waals surface area contributed by atoms with Gasteiger partial charge in [-0.2, -0.15) is 0 Å². The predicted molar refractivity (Wildman–Crippen MR) is 76.9 cm³/mol. The Morgan fingerprint density at radius 3 is 2.68 bits per heavy atom. The number of nitrogens with one attached hydrogen (secondary N) is 1. The van der Waals surface area contributed by atoms with Crippen molar-refractivity contribution in [3.05, 3.63) is 35.4 Å². The molecule has 1 saturated carbocycles. The van der Waals surface area contributed by atoms with Crippen LogP contribution in [0.4, 0.5) is 0 Å². The Morgan fingerprint density at radius 1 is 1.32 bits per heavy atom.